The summed E-state index contributed by atoms with van der Waals surface area (Å²) < 4.78 is 10.1. The third kappa shape index (κ3) is 2.16. The first-order valence-electron chi connectivity index (χ1n) is 3.46. The van der Waals surface area contributed by atoms with E-state index >= 15 is 0 Å². The van der Waals surface area contributed by atoms with Crippen LogP contribution in [0.3, 0.4) is 0 Å². The molecule has 0 heterocycles. The summed E-state index contributed by atoms with van der Waals surface area (Å²) in [5.41, 5.74) is 1.12. The predicted octanol–water partition coefficient (Wildman–Crippen LogP) is 2.65. The molecule has 0 atom stereocenters. The Labute approximate surface area is 74.1 Å². The second-order valence-electron chi connectivity index (χ2n) is 2.34. The zero-order valence-electron chi connectivity index (χ0n) is 7.05. The van der Waals surface area contributed by atoms with E-state index in [0.717, 1.165) is 17.1 Å². The second-order valence-corrected chi connectivity index (χ2v) is 2.34. The van der Waals surface area contributed by atoms with Crippen molar-refractivity contribution in [3.63, 3.8) is 0 Å². The highest BCUT2D eigenvalue weighted by molar-refractivity contribution is 5.39. The van der Waals surface area contributed by atoms with Crippen LogP contribution < -0.4 is 9.47 Å². The Hall–Kier alpha value is -1.18. The normalized spacial score (nSPS) is 8.58. The van der Waals surface area contributed by atoms with Gasteiger partial charge in [0.25, 0.3) is 0 Å². The summed E-state index contributed by atoms with van der Waals surface area (Å²) in [5, 5.41) is 0. The van der Waals surface area contributed by atoms with Crippen molar-refractivity contribution >= 4 is 0 Å². The minimum absolute atomic E-state index is 0. The molecule has 0 bridgehead atoms. The molecule has 0 fully saturated rings. The molecule has 0 unspecified atom stereocenters. The van der Waals surface area contributed by atoms with Crippen LogP contribution in [0.15, 0.2) is 18.2 Å². The second kappa shape index (κ2) is 4.65. The number of benzene rings is 1. The van der Waals surface area contributed by atoms with Crippen molar-refractivity contribution in [3.8, 4) is 11.5 Å². The highest BCUT2D eigenvalue weighted by atomic mass is 16.5. The van der Waals surface area contributed by atoms with Gasteiger partial charge >= 0.3 is 0 Å². The smallest absolute Gasteiger partial charge is 0.125 e. The molecule has 1 aromatic rings. The maximum absolute atomic E-state index is 5.11. The van der Waals surface area contributed by atoms with Gasteiger partial charge in [0.2, 0.25) is 0 Å². The molecule has 0 aromatic heterocycles. The van der Waals surface area contributed by atoms with Gasteiger partial charge in [0, 0.05) is 6.07 Å². The Morgan fingerprint density at radius 1 is 1.08 bits per heavy atom. The molecule has 0 amide bonds. The largest absolute Gasteiger partial charge is 0.497 e. The molecule has 12 heavy (non-hydrogen) atoms. The summed E-state index contributed by atoms with van der Waals surface area (Å²) in [6.45, 7) is 2.00. The van der Waals surface area contributed by atoms with Crippen molar-refractivity contribution < 1.29 is 9.47 Å². The topological polar surface area (TPSA) is 18.5 Å². The molecule has 0 aliphatic carbocycles. The number of methoxy groups -OCH3 is 2. The van der Waals surface area contributed by atoms with Gasteiger partial charge < -0.3 is 9.47 Å². The Kier molecular flexibility index (Phi) is 4.19. The van der Waals surface area contributed by atoms with Crippen LogP contribution in [0.4, 0.5) is 0 Å². The van der Waals surface area contributed by atoms with E-state index in [1.165, 1.54) is 0 Å². The van der Waals surface area contributed by atoms with Gasteiger partial charge in [0.05, 0.1) is 14.2 Å². The number of aryl methyl sites for hydroxylation is 1. The first-order valence-corrected chi connectivity index (χ1v) is 3.46. The Balaban J connectivity index is 0.00000121. The van der Waals surface area contributed by atoms with Gasteiger partial charge in [-0.1, -0.05) is 13.5 Å². The first kappa shape index (κ1) is 10.8. The molecular weight excluding hydrogens is 152 g/mol. The molecule has 68 valence electrons. The van der Waals surface area contributed by atoms with E-state index in [4.69, 9.17) is 9.47 Å². The quantitative estimate of drug-likeness (QED) is 0.676. The summed E-state index contributed by atoms with van der Waals surface area (Å²) in [5.74, 6) is 1.69. The third-order valence-corrected chi connectivity index (χ3v) is 1.62. The third-order valence-electron chi connectivity index (χ3n) is 1.62. The van der Waals surface area contributed by atoms with Crippen LogP contribution in [-0.4, -0.2) is 14.2 Å². The monoisotopic (exact) mass is 168 g/mol. The van der Waals surface area contributed by atoms with Gasteiger partial charge in [-0.05, 0) is 18.6 Å². The zero-order chi connectivity index (χ0) is 8.27. The minimum atomic E-state index is 0. The van der Waals surface area contributed by atoms with Crippen LogP contribution in [0, 0.1) is 6.92 Å². The highest BCUT2D eigenvalue weighted by Crippen LogP contribution is 2.22. The van der Waals surface area contributed by atoms with Crippen LogP contribution in [-0.2, 0) is 0 Å². The molecule has 0 aliphatic heterocycles. The van der Waals surface area contributed by atoms with E-state index in [1.54, 1.807) is 14.2 Å². The first-order chi connectivity index (χ1) is 5.27. The van der Waals surface area contributed by atoms with Crippen molar-refractivity contribution in [2.45, 2.75) is 14.4 Å². The fourth-order valence-electron chi connectivity index (χ4n) is 0.927. The molecule has 0 saturated heterocycles. The highest BCUT2D eigenvalue weighted by Gasteiger charge is 1.98. The van der Waals surface area contributed by atoms with Gasteiger partial charge in [-0.2, -0.15) is 0 Å². The molecule has 0 aliphatic rings. The van der Waals surface area contributed by atoms with Crippen LogP contribution in [0.25, 0.3) is 0 Å². The molecule has 2 nitrogen and oxygen atoms in total. The Bertz CT molecular complexity index is 244. The standard InChI is InChI=1S/C9H12O2.CH4/c1-7-4-5-8(10-2)6-9(7)11-3;/h4-6H,1-3H3;1H4. The van der Waals surface area contributed by atoms with E-state index < -0.39 is 0 Å². The molecular formula is C10H16O2. The lowest BCUT2D eigenvalue weighted by Gasteiger charge is -2.05. The predicted molar refractivity (Wildman–Crippen MR) is 51.0 cm³/mol. The summed E-state index contributed by atoms with van der Waals surface area (Å²) in [4.78, 5) is 0. The average molecular weight is 168 g/mol. The number of hydrogen-bond donors (Lipinski definition) is 0. The lowest BCUT2D eigenvalue weighted by Crippen LogP contribution is -1.88. The molecule has 1 aromatic carbocycles. The Morgan fingerprint density at radius 2 is 1.75 bits per heavy atom. The summed E-state index contributed by atoms with van der Waals surface area (Å²) in [6.07, 6.45) is 0. The fourth-order valence-corrected chi connectivity index (χ4v) is 0.927. The average Bonchev–Trinajstić information content (AvgIpc) is 2.05. The summed E-state index contributed by atoms with van der Waals surface area (Å²) >= 11 is 0. The van der Waals surface area contributed by atoms with Gasteiger partial charge in [-0.3, -0.25) is 0 Å². The molecule has 0 saturated carbocycles. The Morgan fingerprint density at radius 3 is 2.25 bits per heavy atom. The van der Waals surface area contributed by atoms with Crippen molar-refractivity contribution in [3.05, 3.63) is 23.8 Å². The van der Waals surface area contributed by atoms with Crippen LogP contribution in [0.1, 0.15) is 13.0 Å². The summed E-state index contributed by atoms with van der Waals surface area (Å²) in [7, 11) is 3.30. The van der Waals surface area contributed by atoms with Gasteiger partial charge in [-0.25, -0.2) is 0 Å². The minimum Gasteiger partial charge on any atom is -0.497 e. The van der Waals surface area contributed by atoms with Gasteiger partial charge in [0.15, 0.2) is 0 Å². The maximum atomic E-state index is 5.11. The van der Waals surface area contributed by atoms with Crippen molar-refractivity contribution in [1.29, 1.82) is 0 Å². The van der Waals surface area contributed by atoms with E-state index in [9.17, 15) is 0 Å². The molecule has 0 radical (unpaired) electrons. The van der Waals surface area contributed by atoms with Crippen molar-refractivity contribution in [1.82, 2.24) is 0 Å². The van der Waals surface area contributed by atoms with Crippen molar-refractivity contribution in [2.75, 3.05) is 14.2 Å². The molecule has 2 heteroatoms. The van der Waals surface area contributed by atoms with Crippen LogP contribution >= 0.6 is 0 Å². The van der Waals surface area contributed by atoms with Gasteiger partial charge in [0.1, 0.15) is 11.5 Å². The molecule has 0 N–H and O–H groups in total. The number of hydrogen-bond acceptors (Lipinski definition) is 2. The van der Waals surface area contributed by atoms with E-state index in [-0.39, 0.29) is 7.43 Å². The molecule has 1 rings (SSSR count). The van der Waals surface area contributed by atoms with Crippen LogP contribution in [0.2, 0.25) is 0 Å². The SMILES string of the molecule is C.COc1ccc(C)c(OC)c1. The summed E-state index contributed by atoms with van der Waals surface area (Å²) in [6, 6.07) is 5.75. The van der Waals surface area contributed by atoms with E-state index in [0.29, 0.717) is 0 Å². The lowest BCUT2D eigenvalue weighted by atomic mass is 10.2. The number of ether oxygens (including phenoxy) is 2. The van der Waals surface area contributed by atoms with Crippen molar-refractivity contribution in [2.24, 2.45) is 0 Å². The van der Waals surface area contributed by atoms with Crippen LogP contribution in [0.5, 0.6) is 11.5 Å². The van der Waals surface area contributed by atoms with Gasteiger partial charge in [-0.15, -0.1) is 0 Å². The molecule has 0 spiro atoms. The zero-order valence-corrected chi connectivity index (χ0v) is 7.05. The lowest BCUT2D eigenvalue weighted by molar-refractivity contribution is 0.392. The van der Waals surface area contributed by atoms with E-state index in [2.05, 4.69) is 0 Å². The number of rotatable bonds is 2. The fraction of sp³-hybridized carbons (Fsp3) is 0.400. The maximum Gasteiger partial charge on any atom is 0.125 e. The van der Waals surface area contributed by atoms with E-state index in [1.807, 2.05) is 25.1 Å².